The monoisotopic (exact) mass is 167 g/mol. The van der Waals surface area contributed by atoms with Gasteiger partial charge in [-0.1, -0.05) is 30.4 Å². The fraction of sp³-hybridized carbons (Fsp3) is 0.125. The smallest absolute Gasteiger partial charge is 0.119 e. The third-order valence-electron chi connectivity index (χ3n) is 1.36. The van der Waals surface area contributed by atoms with Gasteiger partial charge in [0.15, 0.2) is 0 Å². The third kappa shape index (κ3) is 2.20. The van der Waals surface area contributed by atoms with Crippen molar-refractivity contribution < 1.29 is 5.11 Å². The Bertz CT molecular complexity index is 273. The van der Waals surface area contributed by atoms with Crippen LogP contribution in [-0.2, 0) is 6.42 Å². The van der Waals surface area contributed by atoms with Crippen LogP contribution in [0.15, 0.2) is 24.3 Å². The number of phenols is 1. The van der Waals surface area contributed by atoms with Crippen LogP contribution in [0.1, 0.15) is 5.56 Å². The normalized spacial score (nSPS) is 9.45. The van der Waals surface area contributed by atoms with Crippen molar-refractivity contribution in [3.05, 3.63) is 29.8 Å². The lowest BCUT2D eigenvalue weighted by Gasteiger charge is -2.00. The molecule has 0 unspecified atom stereocenters. The molecule has 1 rings (SSSR count). The largest absolute Gasteiger partial charge is 0.508 e. The van der Waals surface area contributed by atoms with Crippen LogP contribution in [0.4, 0.5) is 0 Å². The molecular weight excluding hydrogens is 158 g/mol. The van der Waals surface area contributed by atoms with E-state index >= 15 is 0 Å². The molecule has 1 aromatic carbocycles. The Labute approximate surface area is 70.7 Å². The minimum absolute atomic E-state index is 0.250. The number of benzene rings is 1. The Morgan fingerprint density at radius 3 is 2.64 bits per heavy atom. The second-order valence-corrected chi connectivity index (χ2v) is 2.80. The molecule has 11 heavy (non-hydrogen) atoms. The van der Waals surface area contributed by atoms with Gasteiger partial charge in [-0.15, -0.1) is 0 Å². The van der Waals surface area contributed by atoms with E-state index in [1.807, 2.05) is 6.07 Å². The molecule has 0 bridgehead atoms. The fourth-order valence-corrected chi connectivity index (χ4v) is 1.00. The Balaban J connectivity index is 2.86. The summed E-state index contributed by atoms with van der Waals surface area (Å²) < 4.78 is 0. The molecule has 0 radical (unpaired) electrons. The van der Waals surface area contributed by atoms with Crippen LogP contribution >= 0.6 is 12.2 Å². The Kier molecular flexibility index (Phi) is 2.44. The molecule has 0 heterocycles. The van der Waals surface area contributed by atoms with Crippen molar-refractivity contribution in [3.8, 4) is 5.75 Å². The SMILES string of the molecule is NC(=S)Cc1ccccc1O. The summed E-state index contributed by atoms with van der Waals surface area (Å²) in [5, 5.41) is 9.24. The molecule has 0 saturated carbocycles. The molecule has 0 amide bonds. The predicted octanol–water partition coefficient (Wildman–Crippen LogP) is 1.22. The standard InChI is InChI=1S/C8H9NOS/c9-8(11)5-6-3-1-2-4-7(6)10/h1-4,10H,5H2,(H2,9,11). The van der Waals surface area contributed by atoms with Crippen LogP contribution in [-0.4, -0.2) is 10.1 Å². The van der Waals surface area contributed by atoms with Gasteiger partial charge in [-0.3, -0.25) is 0 Å². The van der Waals surface area contributed by atoms with Gasteiger partial charge in [-0.2, -0.15) is 0 Å². The highest BCUT2D eigenvalue weighted by Crippen LogP contribution is 2.15. The molecule has 0 saturated heterocycles. The maximum absolute atomic E-state index is 9.24. The molecule has 58 valence electrons. The second-order valence-electron chi connectivity index (χ2n) is 2.27. The highest BCUT2D eigenvalue weighted by Gasteiger charge is 1.99. The quantitative estimate of drug-likeness (QED) is 0.651. The van der Waals surface area contributed by atoms with E-state index in [0.717, 1.165) is 5.56 Å². The van der Waals surface area contributed by atoms with Crippen molar-refractivity contribution >= 4 is 17.2 Å². The van der Waals surface area contributed by atoms with E-state index in [1.165, 1.54) is 0 Å². The van der Waals surface area contributed by atoms with Crippen LogP contribution in [0.25, 0.3) is 0 Å². The van der Waals surface area contributed by atoms with Gasteiger partial charge < -0.3 is 10.8 Å². The topological polar surface area (TPSA) is 46.2 Å². The average molecular weight is 167 g/mol. The van der Waals surface area contributed by atoms with Crippen molar-refractivity contribution in [1.82, 2.24) is 0 Å². The molecule has 0 aliphatic rings. The molecule has 0 aliphatic carbocycles. The van der Waals surface area contributed by atoms with E-state index in [-0.39, 0.29) is 5.75 Å². The van der Waals surface area contributed by atoms with E-state index in [4.69, 9.17) is 18.0 Å². The Morgan fingerprint density at radius 2 is 2.09 bits per heavy atom. The molecule has 1 aromatic rings. The molecule has 2 nitrogen and oxygen atoms in total. The average Bonchev–Trinajstić information content (AvgIpc) is 1.93. The third-order valence-corrected chi connectivity index (χ3v) is 1.50. The summed E-state index contributed by atoms with van der Waals surface area (Å²) in [7, 11) is 0. The molecular formula is C8H9NOS. The van der Waals surface area contributed by atoms with E-state index in [2.05, 4.69) is 0 Å². The van der Waals surface area contributed by atoms with Crippen molar-refractivity contribution in [1.29, 1.82) is 0 Å². The van der Waals surface area contributed by atoms with Gasteiger partial charge in [-0.05, 0) is 6.07 Å². The van der Waals surface area contributed by atoms with Gasteiger partial charge in [-0.25, -0.2) is 0 Å². The lowest BCUT2D eigenvalue weighted by Crippen LogP contribution is -2.10. The van der Waals surface area contributed by atoms with Gasteiger partial charge in [0.05, 0.1) is 4.99 Å². The van der Waals surface area contributed by atoms with Crippen molar-refractivity contribution in [2.24, 2.45) is 5.73 Å². The van der Waals surface area contributed by atoms with E-state index < -0.39 is 0 Å². The molecule has 0 aromatic heterocycles. The Hall–Kier alpha value is -1.09. The molecule has 0 atom stereocenters. The fourth-order valence-electron chi connectivity index (χ4n) is 0.848. The van der Waals surface area contributed by atoms with Crippen molar-refractivity contribution in [3.63, 3.8) is 0 Å². The number of rotatable bonds is 2. The van der Waals surface area contributed by atoms with E-state index in [0.29, 0.717) is 11.4 Å². The first-order valence-electron chi connectivity index (χ1n) is 3.25. The van der Waals surface area contributed by atoms with Crippen molar-refractivity contribution in [2.75, 3.05) is 0 Å². The number of thiocarbonyl (C=S) groups is 1. The van der Waals surface area contributed by atoms with Gasteiger partial charge in [0.25, 0.3) is 0 Å². The molecule has 3 heteroatoms. The van der Waals surface area contributed by atoms with Crippen molar-refractivity contribution in [2.45, 2.75) is 6.42 Å². The second kappa shape index (κ2) is 3.34. The zero-order chi connectivity index (χ0) is 8.27. The maximum Gasteiger partial charge on any atom is 0.119 e. The molecule has 0 aliphatic heterocycles. The number of hydrogen-bond acceptors (Lipinski definition) is 2. The summed E-state index contributed by atoms with van der Waals surface area (Å²) in [6, 6.07) is 7.02. The summed E-state index contributed by atoms with van der Waals surface area (Å²) in [6.45, 7) is 0. The van der Waals surface area contributed by atoms with Crippen LogP contribution < -0.4 is 5.73 Å². The number of nitrogens with two attached hydrogens (primary N) is 1. The summed E-state index contributed by atoms with van der Waals surface area (Å²) in [4.78, 5) is 0.395. The van der Waals surface area contributed by atoms with E-state index in [1.54, 1.807) is 18.2 Å². The van der Waals surface area contributed by atoms with Gasteiger partial charge in [0, 0.05) is 12.0 Å². The lowest BCUT2D eigenvalue weighted by atomic mass is 10.1. The highest BCUT2D eigenvalue weighted by atomic mass is 32.1. The highest BCUT2D eigenvalue weighted by molar-refractivity contribution is 7.80. The minimum Gasteiger partial charge on any atom is -0.508 e. The van der Waals surface area contributed by atoms with E-state index in [9.17, 15) is 5.11 Å². The number of phenolic OH excluding ortho intramolecular Hbond substituents is 1. The van der Waals surface area contributed by atoms with Crippen LogP contribution in [0, 0.1) is 0 Å². The number of para-hydroxylation sites is 1. The molecule has 3 N–H and O–H groups in total. The first-order valence-corrected chi connectivity index (χ1v) is 3.66. The van der Waals surface area contributed by atoms with Gasteiger partial charge >= 0.3 is 0 Å². The molecule has 0 spiro atoms. The number of hydrogen-bond donors (Lipinski definition) is 2. The minimum atomic E-state index is 0.250. The predicted molar refractivity (Wildman–Crippen MR) is 48.6 cm³/mol. The summed E-state index contributed by atoms with van der Waals surface area (Å²) in [5.74, 6) is 0.250. The first kappa shape index (κ1) is 8.01. The summed E-state index contributed by atoms with van der Waals surface area (Å²) in [6.07, 6.45) is 0.460. The molecule has 0 fully saturated rings. The summed E-state index contributed by atoms with van der Waals surface area (Å²) in [5.41, 5.74) is 6.09. The first-order chi connectivity index (χ1) is 5.20. The lowest BCUT2D eigenvalue weighted by molar-refractivity contribution is 0.470. The van der Waals surface area contributed by atoms with Gasteiger partial charge in [0.1, 0.15) is 5.75 Å². The number of aromatic hydroxyl groups is 1. The van der Waals surface area contributed by atoms with Crippen LogP contribution in [0.2, 0.25) is 0 Å². The zero-order valence-electron chi connectivity index (χ0n) is 5.95. The zero-order valence-corrected chi connectivity index (χ0v) is 6.77. The maximum atomic E-state index is 9.24. The Morgan fingerprint density at radius 1 is 1.45 bits per heavy atom. The van der Waals surface area contributed by atoms with Crippen LogP contribution in [0.3, 0.4) is 0 Å². The van der Waals surface area contributed by atoms with Crippen LogP contribution in [0.5, 0.6) is 5.75 Å². The van der Waals surface area contributed by atoms with Gasteiger partial charge in [0.2, 0.25) is 0 Å². The summed E-state index contributed by atoms with van der Waals surface area (Å²) >= 11 is 4.70.